The molecule has 0 saturated carbocycles. The number of methoxy groups -OCH3 is 1. The van der Waals surface area contributed by atoms with Crippen LogP contribution >= 0.6 is 0 Å². The lowest BCUT2D eigenvalue weighted by Crippen LogP contribution is -2.24. The van der Waals surface area contributed by atoms with E-state index < -0.39 is 0 Å². The maximum atomic E-state index is 5.44. The Balaban J connectivity index is 1.95. The molecule has 1 aromatic heterocycles. The summed E-state index contributed by atoms with van der Waals surface area (Å²) in [5.41, 5.74) is 8.19. The summed E-state index contributed by atoms with van der Waals surface area (Å²) in [4.78, 5) is 4.77. The van der Waals surface area contributed by atoms with Gasteiger partial charge in [0.1, 0.15) is 5.75 Å². The van der Waals surface area contributed by atoms with Crippen molar-refractivity contribution in [1.82, 2.24) is 10.3 Å². The van der Waals surface area contributed by atoms with Crippen LogP contribution in [0.3, 0.4) is 0 Å². The Morgan fingerprint density at radius 2 is 1.83 bits per heavy atom. The molecular weight excluding hydrogens is 284 g/mol. The average Bonchev–Trinajstić information content (AvgIpc) is 2.78. The molecule has 118 valence electrons. The standard InChI is InChI=1S/C20H22N2O/c1-23-17-6-7-18-16(13-17)5-4-15-3-2-10-22-20(15)19(18)14-8-11-21-12-9-14/h2-3,6-7,10,13,21H,4-5,8-9,11-12H2,1H3. The fourth-order valence-electron chi connectivity index (χ4n) is 3.75. The third kappa shape index (κ3) is 2.66. The van der Waals surface area contributed by atoms with Gasteiger partial charge in [0.15, 0.2) is 0 Å². The van der Waals surface area contributed by atoms with Crippen LogP contribution in [-0.2, 0) is 12.8 Å². The van der Waals surface area contributed by atoms with Crippen LogP contribution in [0.1, 0.15) is 35.2 Å². The van der Waals surface area contributed by atoms with Crippen LogP contribution in [0.5, 0.6) is 5.75 Å². The number of pyridine rings is 1. The van der Waals surface area contributed by atoms with Crippen molar-refractivity contribution in [3.8, 4) is 5.75 Å². The van der Waals surface area contributed by atoms with Crippen LogP contribution in [0.2, 0.25) is 0 Å². The summed E-state index contributed by atoms with van der Waals surface area (Å²) in [7, 11) is 1.74. The Morgan fingerprint density at radius 3 is 2.65 bits per heavy atom. The molecule has 3 nitrogen and oxygen atoms in total. The Bertz CT molecular complexity index is 756. The number of piperidine rings is 1. The third-order valence-electron chi connectivity index (χ3n) is 4.93. The molecule has 0 amide bonds. The second-order valence-corrected chi connectivity index (χ2v) is 6.26. The largest absolute Gasteiger partial charge is 0.497 e. The van der Waals surface area contributed by atoms with Gasteiger partial charge in [0.2, 0.25) is 0 Å². The first kappa shape index (κ1) is 14.5. The number of rotatable bonds is 1. The van der Waals surface area contributed by atoms with Crippen molar-refractivity contribution < 1.29 is 4.74 Å². The molecule has 2 aliphatic rings. The summed E-state index contributed by atoms with van der Waals surface area (Å²) >= 11 is 0. The van der Waals surface area contributed by atoms with E-state index in [1.54, 1.807) is 7.11 Å². The summed E-state index contributed by atoms with van der Waals surface area (Å²) in [5, 5.41) is 3.46. The van der Waals surface area contributed by atoms with Crippen molar-refractivity contribution in [3.63, 3.8) is 0 Å². The first-order valence-electron chi connectivity index (χ1n) is 8.41. The predicted octanol–water partition coefficient (Wildman–Crippen LogP) is 3.37. The molecule has 2 heterocycles. The van der Waals surface area contributed by atoms with Crippen LogP contribution in [0.4, 0.5) is 0 Å². The fraction of sp³-hybridized carbons (Fsp3) is 0.350. The van der Waals surface area contributed by atoms with E-state index in [-0.39, 0.29) is 0 Å². The number of hydrogen-bond acceptors (Lipinski definition) is 3. The highest BCUT2D eigenvalue weighted by Crippen LogP contribution is 2.37. The van der Waals surface area contributed by atoms with Crippen molar-refractivity contribution in [2.75, 3.05) is 20.2 Å². The Hall–Kier alpha value is -2.13. The molecule has 0 atom stereocenters. The summed E-state index contributed by atoms with van der Waals surface area (Å²) in [6.07, 6.45) is 6.22. The average molecular weight is 306 g/mol. The van der Waals surface area contributed by atoms with Gasteiger partial charge in [0, 0.05) is 11.8 Å². The summed E-state index contributed by atoms with van der Waals surface area (Å²) in [6, 6.07) is 10.8. The molecule has 3 heteroatoms. The maximum Gasteiger partial charge on any atom is 0.119 e. The van der Waals surface area contributed by atoms with Gasteiger partial charge in [0.05, 0.1) is 12.8 Å². The summed E-state index contributed by atoms with van der Waals surface area (Å²) in [6.45, 7) is 2.12. The van der Waals surface area contributed by atoms with Crippen LogP contribution in [0.25, 0.3) is 5.57 Å². The Kier molecular flexibility index (Phi) is 3.88. The molecule has 0 spiro atoms. The molecule has 0 radical (unpaired) electrons. The lowest BCUT2D eigenvalue weighted by Gasteiger charge is -2.22. The first-order valence-corrected chi connectivity index (χ1v) is 8.41. The molecule has 1 aliphatic heterocycles. The first-order chi connectivity index (χ1) is 11.4. The smallest absolute Gasteiger partial charge is 0.119 e. The van der Waals surface area contributed by atoms with Gasteiger partial charge in [-0.3, -0.25) is 4.98 Å². The van der Waals surface area contributed by atoms with Gasteiger partial charge in [-0.2, -0.15) is 0 Å². The minimum atomic E-state index is 0.942. The number of aryl methyl sites for hydroxylation is 2. The van der Waals surface area contributed by atoms with E-state index in [9.17, 15) is 0 Å². The van der Waals surface area contributed by atoms with Crippen molar-refractivity contribution in [2.45, 2.75) is 25.7 Å². The van der Waals surface area contributed by atoms with Crippen molar-refractivity contribution in [2.24, 2.45) is 0 Å². The van der Waals surface area contributed by atoms with Gasteiger partial charge in [-0.15, -0.1) is 0 Å². The van der Waals surface area contributed by atoms with Gasteiger partial charge >= 0.3 is 0 Å². The highest BCUT2D eigenvalue weighted by molar-refractivity contribution is 5.84. The number of hydrogen-bond donors (Lipinski definition) is 1. The van der Waals surface area contributed by atoms with Gasteiger partial charge in [-0.05, 0) is 73.7 Å². The van der Waals surface area contributed by atoms with Gasteiger partial charge < -0.3 is 10.1 Å². The second-order valence-electron chi connectivity index (χ2n) is 6.26. The van der Waals surface area contributed by atoms with Crippen LogP contribution < -0.4 is 10.1 Å². The van der Waals surface area contributed by atoms with Gasteiger partial charge in [-0.25, -0.2) is 0 Å². The number of fused-ring (bicyclic) bond motifs is 2. The quantitative estimate of drug-likeness (QED) is 0.877. The third-order valence-corrected chi connectivity index (χ3v) is 4.93. The zero-order valence-corrected chi connectivity index (χ0v) is 13.6. The lowest BCUT2D eigenvalue weighted by atomic mass is 9.89. The number of aromatic nitrogens is 1. The SMILES string of the molecule is COc1ccc2c(c1)CCc1cccnc1C2=C1CCNCC1. The van der Waals surface area contributed by atoms with Crippen LogP contribution in [0.15, 0.2) is 42.1 Å². The van der Waals surface area contributed by atoms with E-state index in [4.69, 9.17) is 9.72 Å². The molecule has 0 bridgehead atoms. The van der Waals surface area contributed by atoms with Crippen LogP contribution in [-0.4, -0.2) is 25.2 Å². The molecule has 1 fully saturated rings. The van der Waals surface area contributed by atoms with E-state index in [0.29, 0.717) is 0 Å². The Labute approximate surface area is 137 Å². The molecule has 2 aromatic rings. The van der Waals surface area contributed by atoms with E-state index in [2.05, 4.69) is 35.6 Å². The molecule has 4 rings (SSSR count). The highest BCUT2D eigenvalue weighted by atomic mass is 16.5. The molecule has 23 heavy (non-hydrogen) atoms. The van der Waals surface area contributed by atoms with Gasteiger partial charge in [-0.1, -0.05) is 17.7 Å². The number of ether oxygens (including phenoxy) is 1. The topological polar surface area (TPSA) is 34.1 Å². The van der Waals surface area contributed by atoms with E-state index >= 15 is 0 Å². The monoisotopic (exact) mass is 306 g/mol. The molecule has 1 saturated heterocycles. The zero-order chi connectivity index (χ0) is 15.6. The van der Waals surface area contributed by atoms with Crippen molar-refractivity contribution in [3.05, 3.63) is 64.5 Å². The molecular formula is C20H22N2O. The highest BCUT2D eigenvalue weighted by Gasteiger charge is 2.23. The van der Waals surface area contributed by atoms with E-state index in [0.717, 1.165) is 44.5 Å². The minimum absolute atomic E-state index is 0.942. The number of nitrogens with zero attached hydrogens (tertiary/aromatic N) is 1. The van der Waals surface area contributed by atoms with E-state index in [1.807, 2.05) is 6.20 Å². The molecule has 1 N–H and O–H groups in total. The maximum absolute atomic E-state index is 5.44. The molecule has 0 unspecified atom stereocenters. The zero-order valence-electron chi connectivity index (χ0n) is 13.6. The Morgan fingerprint density at radius 1 is 1.00 bits per heavy atom. The number of benzene rings is 1. The predicted molar refractivity (Wildman–Crippen MR) is 92.8 cm³/mol. The number of nitrogens with one attached hydrogen (secondary N) is 1. The lowest BCUT2D eigenvalue weighted by molar-refractivity contribution is 0.414. The van der Waals surface area contributed by atoms with Crippen molar-refractivity contribution >= 4 is 5.57 Å². The van der Waals surface area contributed by atoms with Gasteiger partial charge in [0.25, 0.3) is 0 Å². The fourth-order valence-corrected chi connectivity index (χ4v) is 3.75. The summed E-state index contributed by atoms with van der Waals surface area (Å²) < 4.78 is 5.44. The van der Waals surface area contributed by atoms with Crippen molar-refractivity contribution in [1.29, 1.82) is 0 Å². The normalized spacial score (nSPS) is 17.3. The minimum Gasteiger partial charge on any atom is -0.497 e. The molecule has 1 aliphatic carbocycles. The van der Waals surface area contributed by atoms with E-state index in [1.165, 1.54) is 33.5 Å². The van der Waals surface area contributed by atoms with Crippen LogP contribution in [0, 0.1) is 0 Å². The summed E-state index contributed by atoms with van der Waals surface area (Å²) in [5.74, 6) is 0.942. The molecule has 1 aromatic carbocycles. The second kappa shape index (κ2) is 6.17.